The Balaban J connectivity index is 2.85. The summed E-state index contributed by atoms with van der Waals surface area (Å²) < 4.78 is 0. The zero-order valence-corrected chi connectivity index (χ0v) is 11.1. The molecule has 0 aliphatic carbocycles. The van der Waals surface area contributed by atoms with E-state index < -0.39 is 0 Å². The summed E-state index contributed by atoms with van der Waals surface area (Å²) in [7, 11) is 0. The molecular weight excluding hydrogens is 258 g/mol. The van der Waals surface area contributed by atoms with Crippen LogP contribution in [0.3, 0.4) is 0 Å². The van der Waals surface area contributed by atoms with Gasteiger partial charge in [0.2, 0.25) is 5.91 Å². The van der Waals surface area contributed by atoms with E-state index in [1.807, 2.05) is 6.92 Å². The summed E-state index contributed by atoms with van der Waals surface area (Å²) in [5.74, 6) is 4.96. The van der Waals surface area contributed by atoms with Crippen LogP contribution in [0.15, 0.2) is 23.1 Å². The monoisotopic (exact) mass is 273 g/mol. The minimum atomic E-state index is -0.245. The highest BCUT2D eigenvalue weighted by Crippen LogP contribution is 2.32. The van der Waals surface area contributed by atoms with Crippen molar-refractivity contribution in [3.63, 3.8) is 0 Å². The van der Waals surface area contributed by atoms with Gasteiger partial charge < -0.3 is 5.73 Å². The van der Waals surface area contributed by atoms with E-state index in [9.17, 15) is 4.79 Å². The van der Waals surface area contributed by atoms with E-state index in [4.69, 9.17) is 23.2 Å². The zero-order valence-electron chi connectivity index (χ0n) is 9.57. The fraction of sp³-hybridized carbons (Fsp3) is 0.364. The van der Waals surface area contributed by atoms with Crippen LogP contribution in [-0.2, 0) is 4.79 Å². The molecule has 1 unspecified atom stereocenters. The lowest BCUT2D eigenvalue weighted by Crippen LogP contribution is -2.37. The molecule has 17 heavy (non-hydrogen) atoms. The minimum Gasteiger partial charge on any atom is -0.398 e. The molecule has 0 bridgehead atoms. The Bertz CT molecular complexity index is 400. The number of rotatable bonds is 5. The van der Waals surface area contributed by atoms with Crippen LogP contribution < -0.4 is 17.0 Å². The van der Waals surface area contributed by atoms with E-state index in [2.05, 4.69) is 5.43 Å². The molecule has 0 heterocycles. The number of benzene rings is 1. The van der Waals surface area contributed by atoms with Crippen LogP contribution in [0.4, 0.5) is 5.69 Å². The molecule has 0 fully saturated rings. The summed E-state index contributed by atoms with van der Waals surface area (Å²) in [5.41, 5.74) is 8.62. The number of carbonyl (C=O) groups excluding carboxylic acids is 1. The van der Waals surface area contributed by atoms with E-state index in [0.29, 0.717) is 10.7 Å². The first-order valence-corrected chi connectivity index (χ1v) is 6.56. The van der Waals surface area contributed by atoms with Gasteiger partial charge in [0.05, 0.1) is 5.25 Å². The normalized spacial score (nSPS) is 12.2. The number of hydrazine groups is 1. The lowest BCUT2D eigenvalue weighted by Gasteiger charge is -2.15. The molecule has 1 aromatic rings. The van der Waals surface area contributed by atoms with Gasteiger partial charge in [0.15, 0.2) is 0 Å². The standard InChI is InChI=1S/C11H16ClN3OS/c1-2-3-9(11(16)15-14)17-10-6-7(12)4-5-8(10)13/h4-6,9H,2-3,13-14H2,1H3,(H,15,16). The summed E-state index contributed by atoms with van der Waals surface area (Å²) in [6.07, 6.45) is 1.63. The molecule has 4 nitrogen and oxygen atoms in total. The molecule has 0 spiro atoms. The average Bonchev–Trinajstić information content (AvgIpc) is 2.32. The molecule has 0 aromatic heterocycles. The Morgan fingerprint density at radius 3 is 2.88 bits per heavy atom. The topological polar surface area (TPSA) is 81.1 Å². The van der Waals surface area contributed by atoms with Crippen LogP contribution in [0.5, 0.6) is 0 Å². The van der Waals surface area contributed by atoms with Crippen molar-refractivity contribution in [3.05, 3.63) is 23.2 Å². The van der Waals surface area contributed by atoms with Gasteiger partial charge in [-0.3, -0.25) is 10.2 Å². The Morgan fingerprint density at radius 2 is 2.29 bits per heavy atom. The van der Waals surface area contributed by atoms with Gasteiger partial charge in [-0.05, 0) is 24.6 Å². The number of nitrogens with one attached hydrogen (secondary N) is 1. The summed E-state index contributed by atoms with van der Waals surface area (Å²) in [5, 5.41) is 0.357. The molecule has 1 rings (SSSR count). The van der Waals surface area contributed by atoms with Crippen molar-refractivity contribution in [2.24, 2.45) is 5.84 Å². The number of thioether (sulfide) groups is 1. The fourth-order valence-electron chi connectivity index (χ4n) is 1.36. The number of nitrogen functional groups attached to an aromatic ring is 1. The first kappa shape index (κ1) is 14.2. The summed E-state index contributed by atoms with van der Waals surface area (Å²) >= 11 is 7.28. The molecule has 1 aromatic carbocycles. The van der Waals surface area contributed by atoms with Crippen molar-refractivity contribution < 1.29 is 4.79 Å². The first-order chi connectivity index (χ1) is 8.08. The highest BCUT2D eigenvalue weighted by atomic mass is 35.5. The summed E-state index contributed by atoms with van der Waals surface area (Å²) in [6, 6.07) is 5.21. The fourth-order valence-corrected chi connectivity index (χ4v) is 2.83. The molecule has 0 saturated carbocycles. The zero-order chi connectivity index (χ0) is 12.8. The Morgan fingerprint density at radius 1 is 1.59 bits per heavy atom. The van der Waals surface area contributed by atoms with Crippen molar-refractivity contribution in [1.29, 1.82) is 0 Å². The van der Waals surface area contributed by atoms with Crippen LogP contribution in [-0.4, -0.2) is 11.2 Å². The van der Waals surface area contributed by atoms with E-state index in [1.54, 1.807) is 18.2 Å². The highest BCUT2D eigenvalue weighted by molar-refractivity contribution is 8.00. The van der Waals surface area contributed by atoms with Crippen LogP contribution >= 0.6 is 23.4 Å². The number of carbonyl (C=O) groups is 1. The predicted octanol–water partition coefficient (Wildman–Crippen LogP) is 2.17. The first-order valence-electron chi connectivity index (χ1n) is 5.30. The van der Waals surface area contributed by atoms with Crippen LogP contribution in [0, 0.1) is 0 Å². The van der Waals surface area contributed by atoms with Crippen LogP contribution in [0.2, 0.25) is 5.02 Å². The van der Waals surface area contributed by atoms with Gasteiger partial charge in [-0.15, -0.1) is 11.8 Å². The number of hydrogen-bond acceptors (Lipinski definition) is 4. The lowest BCUT2D eigenvalue weighted by molar-refractivity contribution is -0.120. The third-order valence-corrected chi connectivity index (χ3v) is 3.81. The van der Waals surface area contributed by atoms with Gasteiger partial charge >= 0.3 is 0 Å². The second-order valence-corrected chi connectivity index (χ2v) is 5.27. The van der Waals surface area contributed by atoms with Crippen molar-refractivity contribution in [1.82, 2.24) is 5.43 Å². The van der Waals surface area contributed by atoms with Gasteiger partial charge in [-0.2, -0.15) is 0 Å². The third-order valence-electron chi connectivity index (χ3n) is 2.23. The molecule has 0 aliphatic heterocycles. The Hall–Kier alpha value is -0.910. The van der Waals surface area contributed by atoms with Crippen molar-refractivity contribution in [2.75, 3.05) is 5.73 Å². The molecule has 5 N–H and O–H groups in total. The molecular formula is C11H16ClN3OS. The second-order valence-electron chi connectivity index (χ2n) is 3.59. The SMILES string of the molecule is CCCC(Sc1cc(Cl)ccc1N)C(=O)NN. The highest BCUT2D eigenvalue weighted by Gasteiger charge is 2.19. The largest absolute Gasteiger partial charge is 0.398 e. The lowest BCUT2D eigenvalue weighted by atomic mass is 10.2. The quantitative estimate of drug-likeness (QED) is 0.252. The van der Waals surface area contributed by atoms with Gasteiger partial charge in [0, 0.05) is 15.6 Å². The van der Waals surface area contributed by atoms with Gasteiger partial charge in [-0.1, -0.05) is 24.9 Å². The van der Waals surface area contributed by atoms with E-state index >= 15 is 0 Å². The maximum Gasteiger partial charge on any atom is 0.247 e. The maximum absolute atomic E-state index is 11.6. The van der Waals surface area contributed by atoms with E-state index in [0.717, 1.165) is 17.7 Å². The Labute approximate surface area is 110 Å². The average molecular weight is 274 g/mol. The number of halogens is 1. The molecule has 0 aliphatic rings. The predicted molar refractivity (Wildman–Crippen MR) is 72.7 cm³/mol. The number of hydrogen-bond donors (Lipinski definition) is 3. The van der Waals surface area contributed by atoms with Crippen molar-refractivity contribution in [3.8, 4) is 0 Å². The molecule has 6 heteroatoms. The van der Waals surface area contributed by atoms with Gasteiger partial charge in [-0.25, -0.2) is 5.84 Å². The number of anilines is 1. The number of amides is 1. The minimum absolute atomic E-state index is 0.198. The summed E-state index contributed by atoms with van der Waals surface area (Å²) in [4.78, 5) is 12.4. The maximum atomic E-state index is 11.6. The van der Waals surface area contributed by atoms with Gasteiger partial charge in [0.1, 0.15) is 0 Å². The van der Waals surface area contributed by atoms with Crippen LogP contribution in [0.1, 0.15) is 19.8 Å². The number of nitrogens with two attached hydrogens (primary N) is 2. The molecule has 1 atom stereocenters. The second kappa shape index (κ2) is 6.74. The smallest absolute Gasteiger partial charge is 0.247 e. The third kappa shape index (κ3) is 4.11. The van der Waals surface area contributed by atoms with E-state index in [1.165, 1.54) is 11.8 Å². The van der Waals surface area contributed by atoms with Crippen molar-refractivity contribution in [2.45, 2.75) is 29.9 Å². The molecule has 94 valence electrons. The molecule has 0 radical (unpaired) electrons. The van der Waals surface area contributed by atoms with E-state index in [-0.39, 0.29) is 11.2 Å². The molecule has 1 amide bonds. The van der Waals surface area contributed by atoms with Gasteiger partial charge in [0.25, 0.3) is 0 Å². The molecule has 0 saturated heterocycles. The van der Waals surface area contributed by atoms with Crippen LogP contribution in [0.25, 0.3) is 0 Å². The summed E-state index contributed by atoms with van der Waals surface area (Å²) in [6.45, 7) is 2.01. The Kier molecular flexibility index (Phi) is 5.61. The van der Waals surface area contributed by atoms with Crippen molar-refractivity contribution >= 4 is 35.0 Å².